The second-order valence-corrected chi connectivity index (χ2v) is 5.43. The Hall–Kier alpha value is -3.00. The van der Waals surface area contributed by atoms with E-state index < -0.39 is 0 Å². The molecule has 5 aromatic rings. The van der Waals surface area contributed by atoms with E-state index in [1.54, 1.807) is 0 Å². The van der Waals surface area contributed by atoms with E-state index in [-0.39, 0.29) is 0 Å². The fourth-order valence-corrected chi connectivity index (χ4v) is 3.09. The number of para-hydroxylation sites is 2. The molecule has 0 radical (unpaired) electrons. The molecule has 5 rings (SSSR count). The van der Waals surface area contributed by atoms with E-state index in [0.717, 1.165) is 44.2 Å². The molecule has 0 bridgehead atoms. The van der Waals surface area contributed by atoms with E-state index in [0.29, 0.717) is 0 Å². The zero-order chi connectivity index (χ0) is 14.5. The monoisotopic (exact) mass is 284 g/mol. The van der Waals surface area contributed by atoms with Gasteiger partial charge in [0.25, 0.3) is 0 Å². The predicted molar refractivity (Wildman–Crippen MR) is 88.9 cm³/mol. The molecule has 0 spiro atoms. The van der Waals surface area contributed by atoms with Crippen molar-refractivity contribution in [3.05, 3.63) is 72.8 Å². The molecule has 0 aliphatic rings. The summed E-state index contributed by atoms with van der Waals surface area (Å²) >= 11 is 0. The maximum Gasteiger partial charge on any atom is 0.136 e. The van der Waals surface area contributed by atoms with Gasteiger partial charge in [-0.25, -0.2) is 0 Å². The van der Waals surface area contributed by atoms with Crippen LogP contribution in [0.1, 0.15) is 0 Å². The van der Waals surface area contributed by atoms with Crippen LogP contribution in [-0.2, 0) is 0 Å². The Morgan fingerprint density at radius 3 is 2.27 bits per heavy atom. The van der Waals surface area contributed by atoms with Crippen molar-refractivity contribution in [2.45, 2.75) is 0 Å². The Kier molecular flexibility index (Phi) is 2.25. The summed E-state index contributed by atoms with van der Waals surface area (Å²) in [4.78, 5) is 0. The minimum absolute atomic E-state index is 0.873. The van der Waals surface area contributed by atoms with Gasteiger partial charge in [0.1, 0.15) is 22.5 Å². The highest BCUT2D eigenvalue weighted by Crippen LogP contribution is 2.38. The van der Waals surface area contributed by atoms with Crippen molar-refractivity contribution in [2.75, 3.05) is 0 Å². The third-order valence-corrected chi connectivity index (χ3v) is 4.09. The lowest BCUT2D eigenvalue weighted by molar-refractivity contribution is 0.632. The van der Waals surface area contributed by atoms with Crippen molar-refractivity contribution in [1.82, 2.24) is 0 Å². The molecule has 22 heavy (non-hydrogen) atoms. The van der Waals surface area contributed by atoms with Crippen LogP contribution >= 0.6 is 0 Å². The van der Waals surface area contributed by atoms with E-state index in [2.05, 4.69) is 24.3 Å². The Morgan fingerprint density at radius 1 is 0.591 bits per heavy atom. The molecule has 2 heteroatoms. The molecule has 2 heterocycles. The smallest absolute Gasteiger partial charge is 0.136 e. The minimum atomic E-state index is 0.873. The normalized spacial score (nSPS) is 11.6. The lowest BCUT2D eigenvalue weighted by Gasteiger charge is -1.99. The summed E-state index contributed by atoms with van der Waals surface area (Å²) in [5, 5.41) is 3.34. The average molecular weight is 284 g/mol. The SMILES string of the molecule is c1ccc2oc(-c3cccc4oc5ccccc5c34)cc2c1. The molecule has 0 amide bonds. The molecule has 0 aliphatic heterocycles. The van der Waals surface area contributed by atoms with Crippen molar-refractivity contribution < 1.29 is 8.83 Å². The lowest BCUT2D eigenvalue weighted by atomic mass is 10.0. The van der Waals surface area contributed by atoms with Gasteiger partial charge >= 0.3 is 0 Å². The van der Waals surface area contributed by atoms with Crippen LogP contribution < -0.4 is 0 Å². The first kappa shape index (κ1) is 11.6. The number of furan rings is 2. The van der Waals surface area contributed by atoms with Gasteiger partial charge in [0.15, 0.2) is 0 Å². The topological polar surface area (TPSA) is 26.3 Å². The quantitative estimate of drug-likeness (QED) is 0.377. The molecule has 3 aromatic carbocycles. The highest BCUT2D eigenvalue weighted by atomic mass is 16.3. The van der Waals surface area contributed by atoms with Gasteiger partial charge in [0, 0.05) is 21.7 Å². The third-order valence-electron chi connectivity index (χ3n) is 4.09. The first-order chi connectivity index (χ1) is 10.9. The third kappa shape index (κ3) is 1.55. The molecule has 0 saturated carbocycles. The standard InChI is InChI=1S/C20H12O2/c1-3-9-16-13(6-1)12-19(21-16)15-8-5-11-18-20(15)14-7-2-4-10-17(14)22-18/h1-12H. The van der Waals surface area contributed by atoms with Crippen LogP contribution in [0.5, 0.6) is 0 Å². The fourth-order valence-electron chi connectivity index (χ4n) is 3.09. The molecule has 0 N–H and O–H groups in total. The number of hydrogen-bond acceptors (Lipinski definition) is 2. The van der Waals surface area contributed by atoms with Crippen LogP contribution in [0, 0.1) is 0 Å². The van der Waals surface area contributed by atoms with Crippen LogP contribution in [-0.4, -0.2) is 0 Å². The van der Waals surface area contributed by atoms with Crippen molar-refractivity contribution in [1.29, 1.82) is 0 Å². The summed E-state index contributed by atoms with van der Waals surface area (Å²) < 4.78 is 12.0. The molecule has 0 unspecified atom stereocenters. The highest BCUT2D eigenvalue weighted by molar-refractivity contribution is 6.12. The van der Waals surface area contributed by atoms with Gasteiger partial charge in [0.2, 0.25) is 0 Å². The lowest BCUT2D eigenvalue weighted by Crippen LogP contribution is -1.75. The minimum Gasteiger partial charge on any atom is -0.456 e. The first-order valence-electron chi connectivity index (χ1n) is 7.29. The summed E-state index contributed by atoms with van der Waals surface area (Å²) in [7, 11) is 0. The van der Waals surface area contributed by atoms with Crippen LogP contribution in [0.15, 0.2) is 81.6 Å². The van der Waals surface area contributed by atoms with E-state index in [9.17, 15) is 0 Å². The fraction of sp³-hybridized carbons (Fsp3) is 0. The maximum absolute atomic E-state index is 6.04. The predicted octanol–water partition coefficient (Wildman–Crippen LogP) is 6.00. The van der Waals surface area contributed by atoms with Crippen LogP contribution in [0.3, 0.4) is 0 Å². The summed E-state index contributed by atoms with van der Waals surface area (Å²) in [6.45, 7) is 0. The molecule has 0 fully saturated rings. The van der Waals surface area contributed by atoms with Crippen molar-refractivity contribution >= 4 is 32.9 Å². The molecule has 2 nitrogen and oxygen atoms in total. The average Bonchev–Trinajstić information content (AvgIpc) is 3.15. The van der Waals surface area contributed by atoms with Gasteiger partial charge in [-0.2, -0.15) is 0 Å². The number of rotatable bonds is 1. The first-order valence-corrected chi connectivity index (χ1v) is 7.29. The van der Waals surface area contributed by atoms with Gasteiger partial charge in [-0.1, -0.05) is 48.5 Å². The molecular formula is C20H12O2. The van der Waals surface area contributed by atoms with Gasteiger partial charge < -0.3 is 8.83 Å². The summed E-state index contributed by atoms with van der Waals surface area (Å²) in [6.07, 6.45) is 0. The number of hydrogen-bond donors (Lipinski definition) is 0. The van der Waals surface area contributed by atoms with Crippen LogP contribution in [0.2, 0.25) is 0 Å². The molecule has 2 aromatic heterocycles. The molecule has 0 aliphatic carbocycles. The summed E-state index contributed by atoms with van der Waals surface area (Å²) in [6, 6.07) is 24.4. The molecule has 0 saturated heterocycles. The molecular weight excluding hydrogens is 272 g/mol. The largest absolute Gasteiger partial charge is 0.456 e. The Labute approximate surface area is 126 Å². The van der Waals surface area contributed by atoms with Crippen LogP contribution in [0.25, 0.3) is 44.2 Å². The Morgan fingerprint density at radius 2 is 1.36 bits per heavy atom. The van der Waals surface area contributed by atoms with E-state index in [1.807, 2.05) is 48.5 Å². The van der Waals surface area contributed by atoms with Gasteiger partial charge in [0.05, 0.1) is 0 Å². The highest BCUT2D eigenvalue weighted by Gasteiger charge is 2.14. The second-order valence-electron chi connectivity index (χ2n) is 5.43. The van der Waals surface area contributed by atoms with Crippen molar-refractivity contribution in [2.24, 2.45) is 0 Å². The zero-order valence-corrected chi connectivity index (χ0v) is 11.7. The zero-order valence-electron chi connectivity index (χ0n) is 11.7. The van der Waals surface area contributed by atoms with E-state index >= 15 is 0 Å². The van der Waals surface area contributed by atoms with E-state index in [4.69, 9.17) is 8.83 Å². The van der Waals surface area contributed by atoms with E-state index in [1.165, 1.54) is 0 Å². The number of benzene rings is 3. The van der Waals surface area contributed by atoms with Gasteiger partial charge in [-0.3, -0.25) is 0 Å². The Bertz CT molecular complexity index is 1100. The van der Waals surface area contributed by atoms with Crippen molar-refractivity contribution in [3.8, 4) is 11.3 Å². The summed E-state index contributed by atoms with van der Waals surface area (Å²) in [5.41, 5.74) is 3.76. The summed E-state index contributed by atoms with van der Waals surface area (Å²) in [5.74, 6) is 0.873. The van der Waals surface area contributed by atoms with Gasteiger partial charge in [-0.15, -0.1) is 0 Å². The van der Waals surface area contributed by atoms with Gasteiger partial charge in [-0.05, 0) is 24.3 Å². The molecule has 104 valence electrons. The maximum atomic E-state index is 6.04. The number of fused-ring (bicyclic) bond motifs is 4. The van der Waals surface area contributed by atoms with Crippen LogP contribution in [0.4, 0.5) is 0 Å². The Balaban J connectivity index is 1.90. The van der Waals surface area contributed by atoms with Crippen molar-refractivity contribution in [3.63, 3.8) is 0 Å². The second kappa shape index (κ2) is 4.25. The molecule has 0 atom stereocenters.